The van der Waals surface area contributed by atoms with Crippen molar-refractivity contribution in [3.63, 3.8) is 0 Å². The minimum absolute atomic E-state index is 0.0684. The molecule has 1 aromatic heterocycles. The predicted molar refractivity (Wildman–Crippen MR) is 57.6 cm³/mol. The van der Waals surface area contributed by atoms with E-state index in [0.717, 1.165) is 12.0 Å². The van der Waals surface area contributed by atoms with Crippen molar-refractivity contribution >= 4 is 5.69 Å². The summed E-state index contributed by atoms with van der Waals surface area (Å²) in [6, 6.07) is 1.46. The zero-order valence-corrected chi connectivity index (χ0v) is 8.93. The Bertz CT molecular complexity index is 366. The van der Waals surface area contributed by atoms with Crippen LogP contribution in [0.3, 0.4) is 0 Å². The lowest BCUT2D eigenvalue weighted by atomic mass is 10.1. The van der Waals surface area contributed by atoms with Crippen molar-refractivity contribution in [2.24, 2.45) is 5.73 Å². The molecule has 0 aromatic carbocycles. The SMILES string of the molecule is CCC(N)Cc1ncc(C)cc1[N+](=O)[O-]. The third-order valence-electron chi connectivity index (χ3n) is 2.26. The molecule has 0 radical (unpaired) electrons. The van der Waals surface area contributed by atoms with Crippen LogP contribution in [0.1, 0.15) is 24.6 Å². The molecule has 0 aliphatic carbocycles. The second kappa shape index (κ2) is 4.84. The Morgan fingerprint density at radius 1 is 1.67 bits per heavy atom. The van der Waals surface area contributed by atoms with Gasteiger partial charge in [-0.25, -0.2) is 0 Å². The molecule has 0 saturated carbocycles. The Labute approximate surface area is 88.5 Å². The summed E-state index contributed by atoms with van der Waals surface area (Å²) in [6.45, 7) is 3.73. The molecule has 15 heavy (non-hydrogen) atoms. The molecule has 0 saturated heterocycles. The molecule has 0 spiro atoms. The van der Waals surface area contributed by atoms with Gasteiger partial charge in [0.1, 0.15) is 5.69 Å². The summed E-state index contributed by atoms with van der Waals surface area (Å²) < 4.78 is 0. The molecule has 0 fully saturated rings. The summed E-state index contributed by atoms with van der Waals surface area (Å²) in [5, 5.41) is 10.8. The Balaban J connectivity index is 3.01. The average Bonchev–Trinajstić information content (AvgIpc) is 2.20. The number of hydrogen-bond acceptors (Lipinski definition) is 4. The van der Waals surface area contributed by atoms with Gasteiger partial charge in [0.05, 0.1) is 4.92 Å². The van der Waals surface area contributed by atoms with Crippen LogP contribution in [0.2, 0.25) is 0 Å². The third-order valence-corrected chi connectivity index (χ3v) is 2.26. The van der Waals surface area contributed by atoms with Crippen LogP contribution in [-0.4, -0.2) is 15.9 Å². The van der Waals surface area contributed by atoms with Crippen molar-refractivity contribution in [3.05, 3.63) is 33.6 Å². The number of nitrogens with two attached hydrogens (primary N) is 1. The van der Waals surface area contributed by atoms with Crippen LogP contribution in [0.15, 0.2) is 12.3 Å². The number of aryl methyl sites for hydroxylation is 1. The number of nitrogens with zero attached hydrogens (tertiary/aromatic N) is 2. The molecule has 1 atom stereocenters. The van der Waals surface area contributed by atoms with Gasteiger partial charge in [0, 0.05) is 24.7 Å². The van der Waals surface area contributed by atoms with E-state index in [-0.39, 0.29) is 11.7 Å². The van der Waals surface area contributed by atoms with E-state index in [1.807, 2.05) is 6.92 Å². The van der Waals surface area contributed by atoms with Gasteiger partial charge in [-0.1, -0.05) is 6.92 Å². The van der Waals surface area contributed by atoms with Crippen molar-refractivity contribution in [1.82, 2.24) is 4.98 Å². The highest BCUT2D eigenvalue weighted by Crippen LogP contribution is 2.18. The molecule has 2 N–H and O–H groups in total. The zero-order chi connectivity index (χ0) is 11.4. The van der Waals surface area contributed by atoms with Crippen LogP contribution in [0.5, 0.6) is 0 Å². The van der Waals surface area contributed by atoms with E-state index in [2.05, 4.69) is 4.98 Å². The normalized spacial score (nSPS) is 12.5. The third kappa shape index (κ3) is 2.99. The largest absolute Gasteiger partial charge is 0.327 e. The number of nitro groups is 1. The van der Waals surface area contributed by atoms with Crippen LogP contribution in [0.25, 0.3) is 0 Å². The first-order valence-electron chi connectivity index (χ1n) is 4.90. The van der Waals surface area contributed by atoms with Gasteiger partial charge < -0.3 is 5.73 Å². The van der Waals surface area contributed by atoms with Crippen molar-refractivity contribution in [2.45, 2.75) is 32.7 Å². The Morgan fingerprint density at radius 2 is 2.33 bits per heavy atom. The van der Waals surface area contributed by atoms with Gasteiger partial charge in [-0.15, -0.1) is 0 Å². The maximum absolute atomic E-state index is 10.8. The summed E-state index contributed by atoms with van der Waals surface area (Å²) in [4.78, 5) is 14.4. The molecule has 1 aromatic rings. The summed E-state index contributed by atoms with van der Waals surface area (Å²) in [5.41, 5.74) is 7.08. The van der Waals surface area contributed by atoms with Crippen LogP contribution in [0.4, 0.5) is 5.69 Å². The van der Waals surface area contributed by atoms with Crippen LogP contribution < -0.4 is 5.73 Å². The van der Waals surface area contributed by atoms with E-state index in [1.54, 1.807) is 13.1 Å². The van der Waals surface area contributed by atoms with Gasteiger partial charge in [-0.2, -0.15) is 0 Å². The van der Waals surface area contributed by atoms with E-state index in [0.29, 0.717) is 12.1 Å². The van der Waals surface area contributed by atoms with Gasteiger partial charge in [-0.05, 0) is 18.9 Å². The molecule has 1 heterocycles. The monoisotopic (exact) mass is 209 g/mol. The summed E-state index contributed by atoms with van der Waals surface area (Å²) in [7, 11) is 0. The average molecular weight is 209 g/mol. The first-order valence-corrected chi connectivity index (χ1v) is 4.90. The molecule has 1 rings (SSSR count). The second-order valence-electron chi connectivity index (χ2n) is 3.61. The molecule has 82 valence electrons. The highest BCUT2D eigenvalue weighted by atomic mass is 16.6. The van der Waals surface area contributed by atoms with Gasteiger partial charge in [0.15, 0.2) is 0 Å². The fourth-order valence-corrected chi connectivity index (χ4v) is 1.29. The molecule has 5 heteroatoms. The molecular weight excluding hydrogens is 194 g/mol. The topological polar surface area (TPSA) is 82.0 Å². The van der Waals surface area contributed by atoms with Crippen molar-refractivity contribution < 1.29 is 4.92 Å². The second-order valence-corrected chi connectivity index (χ2v) is 3.61. The zero-order valence-electron chi connectivity index (χ0n) is 8.93. The molecule has 0 aliphatic rings. The molecule has 0 amide bonds. The van der Waals surface area contributed by atoms with Crippen LogP contribution >= 0.6 is 0 Å². The minimum atomic E-state index is -0.405. The summed E-state index contributed by atoms with van der Waals surface area (Å²) >= 11 is 0. The van der Waals surface area contributed by atoms with Gasteiger partial charge in [0.2, 0.25) is 0 Å². The van der Waals surface area contributed by atoms with Crippen LogP contribution in [0, 0.1) is 17.0 Å². The first-order chi connectivity index (χ1) is 7.04. The number of aromatic nitrogens is 1. The first kappa shape index (κ1) is 11.6. The lowest BCUT2D eigenvalue weighted by Crippen LogP contribution is -2.22. The van der Waals surface area contributed by atoms with Crippen molar-refractivity contribution in [1.29, 1.82) is 0 Å². The van der Waals surface area contributed by atoms with Gasteiger partial charge in [0.25, 0.3) is 5.69 Å². The minimum Gasteiger partial charge on any atom is -0.327 e. The Kier molecular flexibility index (Phi) is 3.74. The maximum atomic E-state index is 10.8. The fourth-order valence-electron chi connectivity index (χ4n) is 1.29. The van der Waals surface area contributed by atoms with E-state index >= 15 is 0 Å². The Hall–Kier alpha value is -1.49. The predicted octanol–water partition coefficient (Wildman–Crippen LogP) is 1.58. The molecule has 1 unspecified atom stereocenters. The molecule has 0 bridgehead atoms. The van der Waals surface area contributed by atoms with Crippen LogP contribution in [-0.2, 0) is 6.42 Å². The van der Waals surface area contributed by atoms with Crippen molar-refractivity contribution in [2.75, 3.05) is 0 Å². The molecular formula is C10H15N3O2. The summed E-state index contributed by atoms with van der Waals surface area (Å²) in [6.07, 6.45) is 2.87. The van der Waals surface area contributed by atoms with E-state index in [9.17, 15) is 10.1 Å². The highest BCUT2D eigenvalue weighted by Gasteiger charge is 2.16. The number of hydrogen-bond donors (Lipinski definition) is 1. The van der Waals surface area contributed by atoms with Gasteiger partial charge in [-0.3, -0.25) is 15.1 Å². The Morgan fingerprint density at radius 3 is 2.87 bits per heavy atom. The standard InChI is InChI=1S/C10H15N3O2/c1-3-8(11)5-9-10(13(14)15)4-7(2)6-12-9/h4,6,8H,3,5,11H2,1-2H3. The quantitative estimate of drug-likeness (QED) is 0.602. The van der Waals surface area contributed by atoms with E-state index < -0.39 is 4.92 Å². The summed E-state index contributed by atoms with van der Waals surface area (Å²) in [5.74, 6) is 0. The molecule has 0 aliphatic heterocycles. The van der Waals surface area contributed by atoms with Crippen molar-refractivity contribution in [3.8, 4) is 0 Å². The maximum Gasteiger partial charge on any atom is 0.291 e. The lowest BCUT2D eigenvalue weighted by molar-refractivity contribution is -0.386. The number of rotatable bonds is 4. The molecule has 5 nitrogen and oxygen atoms in total. The fraction of sp³-hybridized carbons (Fsp3) is 0.500. The lowest BCUT2D eigenvalue weighted by Gasteiger charge is -2.08. The van der Waals surface area contributed by atoms with E-state index in [1.165, 1.54) is 6.07 Å². The van der Waals surface area contributed by atoms with E-state index in [4.69, 9.17) is 5.73 Å². The smallest absolute Gasteiger partial charge is 0.291 e. The number of pyridine rings is 1. The van der Waals surface area contributed by atoms with Gasteiger partial charge >= 0.3 is 0 Å². The highest BCUT2D eigenvalue weighted by molar-refractivity contribution is 5.38.